The normalized spacial score (nSPS) is 15.0. The Morgan fingerprint density at radius 2 is 1.84 bits per heavy atom. The SMILES string of the molecule is CC1(CC(=O)NN=Cc2ccc(Oc3ccc([N+](=O)[O-])cc3[N+](=O)[O-])cc2)OCCO1. The van der Waals surface area contributed by atoms with Crippen LogP contribution in [0.1, 0.15) is 18.9 Å². The number of rotatable bonds is 8. The maximum Gasteiger partial charge on any atom is 0.318 e. The Balaban J connectivity index is 1.60. The highest BCUT2D eigenvalue weighted by Crippen LogP contribution is 2.34. The number of non-ortho nitro benzene ring substituents is 1. The number of ether oxygens (including phenoxy) is 3. The van der Waals surface area contributed by atoms with E-state index in [0.29, 0.717) is 18.8 Å². The number of benzene rings is 2. The molecule has 162 valence electrons. The van der Waals surface area contributed by atoms with Gasteiger partial charge in [-0.2, -0.15) is 5.10 Å². The van der Waals surface area contributed by atoms with Gasteiger partial charge in [0, 0.05) is 6.07 Å². The van der Waals surface area contributed by atoms with E-state index in [1.807, 2.05) is 0 Å². The van der Waals surface area contributed by atoms with E-state index >= 15 is 0 Å². The van der Waals surface area contributed by atoms with Crippen molar-refractivity contribution in [1.82, 2.24) is 5.43 Å². The summed E-state index contributed by atoms with van der Waals surface area (Å²) in [5, 5.41) is 25.8. The number of hydrazone groups is 1. The number of hydrogen-bond acceptors (Lipinski definition) is 9. The van der Waals surface area contributed by atoms with Crippen molar-refractivity contribution in [3.8, 4) is 11.5 Å². The molecule has 2 aromatic carbocycles. The van der Waals surface area contributed by atoms with Crippen LogP contribution in [0, 0.1) is 20.2 Å². The van der Waals surface area contributed by atoms with Gasteiger partial charge in [-0.25, -0.2) is 5.43 Å². The van der Waals surface area contributed by atoms with E-state index in [9.17, 15) is 25.0 Å². The lowest BCUT2D eigenvalue weighted by Crippen LogP contribution is -2.33. The van der Waals surface area contributed by atoms with Crippen LogP contribution in [0.5, 0.6) is 11.5 Å². The number of nitrogens with zero attached hydrogens (tertiary/aromatic N) is 3. The molecule has 1 aliphatic heterocycles. The fourth-order valence-electron chi connectivity index (χ4n) is 2.77. The summed E-state index contributed by atoms with van der Waals surface area (Å²) in [5.74, 6) is -1.17. The molecule has 2 aromatic rings. The third kappa shape index (κ3) is 5.81. The van der Waals surface area contributed by atoms with Gasteiger partial charge in [0.2, 0.25) is 11.7 Å². The van der Waals surface area contributed by atoms with Crippen LogP contribution in [0.2, 0.25) is 0 Å². The van der Waals surface area contributed by atoms with Gasteiger partial charge in [0.1, 0.15) is 5.75 Å². The molecule has 0 saturated carbocycles. The van der Waals surface area contributed by atoms with Crippen LogP contribution in [0.4, 0.5) is 11.4 Å². The summed E-state index contributed by atoms with van der Waals surface area (Å²) in [5.41, 5.74) is 2.08. The zero-order valence-electron chi connectivity index (χ0n) is 16.3. The number of hydrogen-bond donors (Lipinski definition) is 1. The molecule has 1 aliphatic rings. The van der Waals surface area contributed by atoms with Crippen molar-refractivity contribution in [3.05, 3.63) is 68.3 Å². The molecule has 1 N–H and O–H groups in total. The van der Waals surface area contributed by atoms with Crippen molar-refractivity contribution < 1.29 is 28.9 Å². The minimum atomic E-state index is -0.945. The predicted molar refractivity (Wildman–Crippen MR) is 107 cm³/mol. The largest absolute Gasteiger partial charge is 0.450 e. The van der Waals surface area contributed by atoms with Crippen LogP contribution >= 0.6 is 0 Å². The summed E-state index contributed by atoms with van der Waals surface area (Å²) in [7, 11) is 0. The predicted octanol–water partition coefficient (Wildman–Crippen LogP) is 2.90. The average Bonchev–Trinajstić information content (AvgIpc) is 3.15. The fourth-order valence-corrected chi connectivity index (χ4v) is 2.77. The van der Waals surface area contributed by atoms with Crippen LogP contribution < -0.4 is 10.2 Å². The molecular formula is C19H18N4O8. The Morgan fingerprint density at radius 1 is 1.16 bits per heavy atom. The molecule has 12 nitrogen and oxygen atoms in total. The highest BCUT2D eigenvalue weighted by atomic mass is 16.7. The smallest absolute Gasteiger partial charge is 0.318 e. The average molecular weight is 430 g/mol. The van der Waals surface area contributed by atoms with Crippen molar-refractivity contribution in [3.63, 3.8) is 0 Å². The second-order valence-corrected chi connectivity index (χ2v) is 6.64. The van der Waals surface area contributed by atoms with E-state index in [1.165, 1.54) is 24.4 Å². The number of amides is 1. The van der Waals surface area contributed by atoms with E-state index in [0.717, 1.165) is 12.1 Å². The van der Waals surface area contributed by atoms with Gasteiger partial charge in [-0.15, -0.1) is 0 Å². The van der Waals surface area contributed by atoms with E-state index in [-0.39, 0.29) is 23.8 Å². The lowest BCUT2D eigenvalue weighted by Gasteiger charge is -2.20. The van der Waals surface area contributed by atoms with Gasteiger partial charge >= 0.3 is 5.69 Å². The molecule has 1 heterocycles. The molecule has 1 saturated heterocycles. The third-order valence-electron chi connectivity index (χ3n) is 4.24. The van der Waals surface area contributed by atoms with Gasteiger partial charge in [0.25, 0.3) is 5.69 Å². The Bertz CT molecular complexity index is 1020. The maximum atomic E-state index is 11.9. The van der Waals surface area contributed by atoms with E-state index in [2.05, 4.69) is 10.5 Å². The molecule has 1 amide bonds. The summed E-state index contributed by atoms with van der Waals surface area (Å²) in [6.45, 7) is 2.55. The first-order valence-electron chi connectivity index (χ1n) is 9.06. The third-order valence-corrected chi connectivity index (χ3v) is 4.24. The minimum absolute atomic E-state index is 0.00509. The lowest BCUT2D eigenvalue weighted by molar-refractivity contribution is -0.394. The first-order valence-corrected chi connectivity index (χ1v) is 9.06. The second kappa shape index (κ2) is 9.28. The van der Waals surface area contributed by atoms with Crippen molar-refractivity contribution >= 4 is 23.5 Å². The first kappa shape index (κ1) is 21.8. The van der Waals surface area contributed by atoms with Crippen LogP contribution in [0.25, 0.3) is 0 Å². The van der Waals surface area contributed by atoms with Crippen LogP contribution in [-0.4, -0.2) is 41.0 Å². The molecule has 0 spiro atoms. The molecule has 0 unspecified atom stereocenters. The van der Waals surface area contributed by atoms with Crippen LogP contribution in [0.15, 0.2) is 47.6 Å². The number of nitro groups is 2. The fraction of sp³-hybridized carbons (Fsp3) is 0.263. The van der Waals surface area contributed by atoms with Gasteiger partial charge in [-0.1, -0.05) is 0 Å². The Hall–Kier alpha value is -3.90. The number of nitro benzene ring substituents is 2. The van der Waals surface area contributed by atoms with Gasteiger partial charge in [0.15, 0.2) is 5.79 Å². The topological polar surface area (TPSA) is 155 Å². The highest BCUT2D eigenvalue weighted by Gasteiger charge is 2.33. The quantitative estimate of drug-likeness (QED) is 0.381. The number of carbonyl (C=O) groups excluding carboxylic acids is 1. The van der Waals surface area contributed by atoms with E-state index in [4.69, 9.17) is 14.2 Å². The Kier molecular flexibility index (Phi) is 6.52. The van der Waals surface area contributed by atoms with Crippen LogP contribution in [0.3, 0.4) is 0 Å². The van der Waals surface area contributed by atoms with Gasteiger partial charge < -0.3 is 14.2 Å². The van der Waals surface area contributed by atoms with E-state index in [1.54, 1.807) is 19.1 Å². The van der Waals surface area contributed by atoms with Gasteiger partial charge in [-0.05, 0) is 42.8 Å². The molecule has 0 radical (unpaired) electrons. The van der Waals surface area contributed by atoms with E-state index < -0.39 is 27.0 Å². The molecule has 0 aromatic heterocycles. The van der Waals surface area contributed by atoms with Crippen LogP contribution in [-0.2, 0) is 14.3 Å². The zero-order valence-corrected chi connectivity index (χ0v) is 16.3. The zero-order chi connectivity index (χ0) is 22.4. The summed E-state index contributed by atoms with van der Waals surface area (Å²) in [6.07, 6.45) is 1.42. The lowest BCUT2D eigenvalue weighted by atomic mass is 10.2. The minimum Gasteiger partial charge on any atom is -0.450 e. The standard InChI is InChI=1S/C19H18N4O8/c1-19(29-8-9-30-19)11-18(24)21-20-12-13-2-5-15(6-3-13)31-17-7-4-14(22(25)26)10-16(17)23(27)28/h2-7,10,12H,8-9,11H2,1H3,(H,21,24). The molecule has 3 rings (SSSR count). The Morgan fingerprint density at radius 3 is 2.45 bits per heavy atom. The molecule has 31 heavy (non-hydrogen) atoms. The molecule has 0 atom stereocenters. The molecule has 12 heteroatoms. The summed E-state index contributed by atoms with van der Waals surface area (Å²) >= 11 is 0. The first-order chi connectivity index (χ1) is 14.8. The summed E-state index contributed by atoms with van der Waals surface area (Å²) < 4.78 is 16.2. The summed E-state index contributed by atoms with van der Waals surface area (Å²) in [4.78, 5) is 32.4. The van der Waals surface area contributed by atoms with Gasteiger partial charge in [0.05, 0.1) is 41.8 Å². The highest BCUT2D eigenvalue weighted by molar-refractivity contribution is 5.82. The monoisotopic (exact) mass is 430 g/mol. The Labute approximate surface area is 175 Å². The van der Waals surface area contributed by atoms with Crippen molar-refractivity contribution in [2.45, 2.75) is 19.1 Å². The second-order valence-electron chi connectivity index (χ2n) is 6.64. The van der Waals surface area contributed by atoms with Crippen molar-refractivity contribution in [1.29, 1.82) is 0 Å². The van der Waals surface area contributed by atoms with Gasteiger partial charge in [-0.3, -0.25) is 25.0 Å². The summed E-state index contributed by atoms with van der Waals surface area (Å²) in [6, 6.07) is 9.43. The molecule has 0 aliphatic carbocycles. The number of nitrogens with one attached hydrogen (secondary N) is 1. The molecule has 1 fully saturated rings. The molecular weight excluding hydrogens is 412 g/mol. The van der Waals surface area contributed by atoms with Crippen molar-refractivity contribution in [2.24, 2.45) is 5.10 Å². The maximum absolute atomic E-state index is 11.9. The number of carbonyl (C=O) groups is 1. The molecule has 0 bridgehead atoms. The van der Waals surface area contributed by atoms with Crippen molar-refractivity contribution in [2.75, 3.05) is 13.2 Å².